The van der Waals surface area contributed by atoms with Gasteiger partial charge in [-0.15, -0.1) is 0 Å². The van der Waals surface area contributed by atoms with Crippen LogP contribution in [-0.4, -0.2) is 323 Å². The molecule has 52 heteroatoms. The first-order chi connectivity index (χ1) is 61.9. The van der Waals surface area contributed by atoms with Gasteiger partial charge in [0, 0.05) is 12.6 Å². The Balaban J connectivity index is 3.13. The van der Waals surface area contributed by atoms with Crippen LogP contribution in [0.4, 0.5) is 0 Å². The van der Waals surface area contributed by atoms with E-state index >= 15 is 0 Å². The molecule has 17 unspecified atom stereocenters. The number of H-pyrrole nitrogens is 1. The molecule has 0 aromatic carbocycles. The quantitative estimate of drug-likeness (QED) is 0.0269. The maximum Gasteiger partial charge on any atom is 0.325 e. The number of carbonyl (C=O) groups is 22. The molecule has 0 aliphatic rings. The zero-order valence-corrected chi connectivity index (χ0v) is 78.9. The first-order valence-corrected chi connectivity index (χ1v) is 45.9. The molecule has 21 amide bonds. The number of aliphatic hydroxyl groups is 1. The molecule has 50 nitrogen and oxygen atoms in total. The second-order valence-corrected chi connectivity index (χ2v) is 34.4. The monoisotopic (exact) mass is 1910 g/mol. The summed E-state index contributed by atoms with van der Waals surface area (Å²) in [5.41, 5.74) is 22.3. The molecule has 31 N–H and O–H groups in total. The Kier molecular flexibility index (Phi) is 55.9. The van der Waals surface area contributed by atoms with Gasteiger partial charge in [-0.3, -0.25) is 105 Å². The second-order valence-electron chi connectivity index (χ2n) is 32.5. The SMILES string of the molecule is CSCCC(NC(=O)C(CC(C)C)NC(=O)C(C)NC(=O)C(CCCCN)NC(=O)C(C)NC(=O)CNC(=O)C(N)CC(N)=O)C(=O)NCC(=O)NCC(=O)NC(Cc1c[nH]cn1)C(=O)NCC(=O)NC(C)C(=O)NC(C(=O)NC(CCCCN)C(=O)NC(C(=O)NC(CCSC)C(=O)NC(C(=O)NCC(=O)NC(C)C(=O)NC(C)C(=O)NC(C)C(=O)O)C(C)C)C(C)C)C(C)O. The largest absolute Gasteiger partial charge is 0.480 e. The molecule has 0 bridgehead atoms. The smallest absolute Gasteiger partial charge is 0.325 e. The number of amides is 21. The van der Waals surface area contributed by atoms with Crippen molar-refractivity contribution in [2.24, 2.45) is 40.7 Å². The zero-order valence-electron chi connectivity index (χ0n) is 77.3. The molecule has 0 aliphatic carbocycles. The van der Waals surface area contributed by atoms with E-state index in [2.05, 4.69) is 116 Å². The fourth-order valence-electron chi connectivity index (χ4n) is 11.9. The van der Waals surface area contributed by atoms with Crippen molar-refractivity contribution in [1.29, 1.82) is 0 Å². The Bertz CT molecular complexity index is 4050. The normalized spacial score (nSPS) is 15.0. The summed E-state index contributed by atoms with van der Waals surface area (Å²) in [5.74, 6) is -20.5. The minimum absolute atomic E-state index is 0.0194. The number of hydrogen-bond donors (Lipinski definition) is 27. The predicted molar refractivity (Wildman–Crippen MR) is 482 cm³/mol. The molecule has 0 radical (unpaired) electrons. The number of aromatic nitrogens is 2. The van der Waals surface area contributed by atoms with Gasteiger partial charge in [-0.05, 0) is 161 Å². The molecule has 0 saturated heterocycles. The van der Waals surface area contributed by atoms with Gasteiger partial charge in [0.1, 0.15) is 90.6 Å². The number of rotatable bonds is 64. The van der Waals surface area contributed by atoms with Crippen molar-refractivity contribution in [3.63, 3.8) is 0 Å². The van der Waals surface area contributed by atoms with E-state index in [0.29, 0.717) is 30.8 Å². The molecule has 744 valence electrons. The van der Waals surface area contributed by atoms with Gasteiger partial charge in [0.2, 0.25) is 124 Å². The average molecular weight is 1910 g/mol. The van der Waals surface area contributed by atoms with Crippen molar-refractivity contribution in [3.8, 4) is 0 Å². The van der Waals surface area contributed by atoms with E-state index in [0.717, 1.165) is 6.92 Å². The molecule has 0 aliphatic heterocycles. The number of primary amides is 1. The van der Waals surface area contributed by atoms with Crippen molar-refractivity contribution < 1.29 is 116 Å². The van der Waals surface area contributed by atoms with Crippen LogP contribution in [0.1, 0.15) is 160 Å². The third kappa shape index (κ3) is 46.8. The van der Waals surface area contributed by atoms with Crippen LogP contribution in [0.2, 0.25) is 0 Å². The Labute approximate surface area is 774 Å². The van der Waals surface area contributed by atoms with Crippen LogP contribution < -0.4 is 129 Å². The van der Waals surface area contributed by atoms with Gasteiger partial charge in [0.15, 0.2) is 0 Å². The van der Waals surface area contributed by atoms with Crippen LogP contribution in [0.25, 0.3) is 0 Å². The maximum absolute atomic E-state index is 14.3. The highest BCUT2D eigenvalue weighted by molar-refractivity contribution is 7.98. The Morgan fingerprint density at radius 1 is 0.364 bits per heavy atom. The van der Waals surface area contributed by atoms with E-state index in [1.54, 1.807) is 54.1 Å². The van der Waals surface area contributed by atoms with Gasteiger partial charge in [-0.25, -0.2) is 4.98 Å². The molecule has 132 heavy (non-hydrogen) atoms. The summed E-state index contributed by atoms with van der Waals surface area (Å²) in [6.45, 7) is 15.5. The van der Waals surface area contributed by atoms with E-state index in [1.165, 1.54) is 77.6 Å². The third-order valence-corrected chi connectivity index (χ3v) is 20.9. The van der Waals surface area contributed by atoms with Crippen LogP contribution in [0.5, 0.6) is 0 Å². The summed E-state index contributed by atoms with van der Waals surface area (Å²) in [6.07, 6.45) is 5.21. The maximum atomic E-state index is 14.3. The number of nitrogens with zero attached hydrogens (tertiary/aromatic N) is 1. The zero-order chi connectivity index (χ0) is 100. The molecule has 0 saturated carbocycles. The lowest BCUT2D eigenvalue weighted by atomic mass is 10.00. The van der Waals surface area contributed by atoms with Crippen LogP contribution in [0.15, 0.2) is 12.5 Å². The topological polar surface area (TPSA) is 789 Å². The van der Waals surface area contributed by atoms with Crippen LogP contribution in [0, 0.1) is 17.8 Å². The summed E-state index contributed by atoms with van der Waals surface area (Å²) < 4.78 is 0. The summed E-state index contributed by atoms with van der Waals surface area (Å²) in [7, 11) is 0. The number of carbonyl (C=O) groups excluding carboxylic acids is 21. The molecular weight excluding hydrogens is 1770 g/mol. The standard InChI is InChI=1S/C80H138N26O24S2/c1-38(2)28-54(103-68(117)45(11)96-73(122)50(20-16-18-24-81)99-67(116)42(8)93-58(110)34-87-70(119)49(83)30-56(84)108)76(125)100-52(22-26-131-14)71(120)88-32-57(109)86-33-61(113)98-55(29-48-31-85-37-91-48)72(121)89-35-59(111)94-43(9)69(118)106-64(47(13)107)79(128)101-51(21-17-19-25-82)74(123)105-63(40(5)6)78(127)102-53(23-27-132-15)75(124)104-62(39(3)4)77(126)90-36-60(112)92-41(7)65(114)95-44(10)66(115)97-46(12)80(129)130/h31,37-47,49-55,62-64,107H,16-30,32-36,81-83H2,1-15H3,(H2,84,108)(H,85,91)(H,86,109)(H,87,119)(H,88,120)(H,89,121)(H,90,126)(H,92,112)(H,93,110)(H,94,111)(H,95,114)(H,96,122)(H,97,115)(H,98,113)(H,99,116)(H,100,125)(H,101,128)(H,102,127)(H,103,117)(H,104,124)(H,105,123)(H,106,118)(H,129,130). The van der Waals surface area contributed by atoms with Gasteiger partial charge < -0.3 is 144 Å². The minimum atomic E-state index is -1.79. The van der Waals surface area contributed by atoms with Gasteiger partial charge >= 0.3 is 5.97 Å². The lowest BCUT2D eigenvalue weighted by molar-refractivity contribution is -0.141. The highest BCUT2D eigenvalue weighted by Crippen LogP contribution is 2.14. The molecule has 1 aromatic heterocycles. The van der Waals surface area contributed by atoms with Gasteiger partial charge in [-0.2, -0.15) is 23.5 Å². The highest BCUT2D eigenvalue weighted by Gasteiger charge is 2.39. The predicted octanol–water partition coefficient (Wildman–Crippen LogP) is -10.3. The average Bonchev–Trinajstić information content (AvgIpc) is 0.964. The fraction of sp³-hybridized carbons (Fsp3) is 0.688. The molecule has 0 fully saturated rings. The van der Waals surface area contributed by atoms with Crippen molar-refractivity contribution in [3.05, 3.63) is 18.2 Å². The first kappa shape index (κ1) is 118. The van der Waals surface area contributed by atoms with Crippen molar-refractivity contribution in [2.45, 2.75) is 263 Å². The molecule has 0 spiro atoms. The molecule has 1 aromatic rings. The van der Waals surface area contributed by atoms with Crippen molar-refractivity contribution >= 4 is 154 Å². The summed E-state index contributed by atoms with van der Waals surface area (Å²) in [5, 5.41) is 68.8. The lowest BCUT2D eigenvalue weighted by Gasteiger charge is -2.29. The summed E-state index contributed by atoms with van der Waals surface area (Å²) in [6, 6.07) is -21.5. The molecule has 1 heterocycles. The van der Waals surface area contributed by atoms with Gasteiger partial charge in [0.25, 0.3) is 0 Å². The summed E-state index contributed by atoms with van der Waals surface area (Å²) >= 11 is 2.65. The van der Waals surface area contributed by atoms with Crippen LogP contribution in [0.3, 0.4) is 0 Å². The summed E-state index contributed by atoms with van der Waals surface area (Å²) in [4.78, 5) is 298. The molecule has 1 rings (SSSR count). The van der Waals surface area contributed by atoms with E-state index in [4.69, 9.17) is 28.0 Å². The van der Waals surface area contributed by atoms with E-state index < -0.39 is 284 Å². The molecule has 17 atom stereocenters. The number of carboxylic acids is 1. The number of nitrogens with two attached hydrogens (primary N) is 4. The third-order valence-electron chi connectivity index (χ3n) is 19.6. The lowest BCUT2D eigenvalue weighted by Crippen LogP contribution is -2.62. The Morgan fingerprint density at radius 3 is 1.12 bits per heavy atom. The van der Waals surface area contributed by atoms with E-state index in [9.17, 15) is 111 Å². The highest BCUT2D eigenvalue weighted by atomic mass is 32.2. The van der Waals surface area contributed by atoms with Crippen molar-refractivity contribution in [1.82, 2.24) is 116 Å². The Morgan fingerprint density at radius 2 is 0.697 bits per heavy atom. The number of thioether (sulfide) groups is 2. The number of imidazole rings is 1. The fourth-order valence-corrected chi connectivity index (χ4v) is 12.9. The first-order valence-electron chi connectivity index (χ1n) is 43.1. The van der Waals surface area contributed by atoms with Gasteiger partial charge in [0.05, 0.1) is 63.3 Å². The number of aliphatic hydroxyl groups excluding tert-OH is 1. The van der Waals surface area contributed by atoms with E-state index in [-0.39, 0.29) is 69.6 Å². The van der Waals surface area contributed by atoms with Gasteiger partial charge in [-0.1, -0.05) is 41.5 Å². The number of aliphatic carboxylic acids is 1. The second kappa shape index (κ2) is 62.4. The molecular formula is C80H138N26O24S2. The number of nitrogens with one attached hydrogen (secondary N) is 21. The number of aromatic amines is 1. The Hall–Kier alpha value is -11.9. The van der Waals surface area contributed by atoms with Crippen LogP contribution >= 0.6 is 23.5 Å². The minimum Gasteiger partial charge on any atom is -0.480 e. The number of carboxylic acid groups (broad SMARTS) is 1. The number of hydrogen-bond acceptors (Lipinski definition) is 29. The van der Waals surface area contributed by atoms with Crippen molar-refractivity contribution in [2.75, 3.05) is 69.8 Å². The number of unbranched alkanes of at least 4 members (excludes halogenated alkanes) is 2. The van der Waals surface area contributed by atoms with E-state index in [1.807, 2.05) is 0 Å². The van der Waals surface area contributed by atoms with Crippen LogP contribution in [-0.2, 0) is 112 Å².